The number of carbonyl (C=O) groups excluding carboxylic acids is 1. The van der Waals surface area contributed by atoms with Gasteiger partial charge in [0.15, 0.2) is 6.39 Å². The highest BCUT2D eigenvalue weighted by molar-refractivity contribution is 5.93. The molecule has 1 spiro atoms. The van der Waals surface area contributed by atoms with Crippen LogP contribution >= 0.6 is 0 Å². The monoisotopic (exact) mass is 379 g/mol. The molecule has 2 aliphatic rings. The summed E-state index contributed by atoms with van der Waals surface area (Å²) in [6.45, 7) is 4.07. The predicted octanol–water partition coefficient (Wildman–Crippen LogP) is 2.55. The van der Waals surface area contributed by atoms with Gasteiger partial charge in [0.25, 0.3) is 5.91 Å². The van der Waals surface area contributed by atoms with Gasteiger partial charge in [0.2, 0.25) is 17.5 Å². The predicted molar refractivity (Wildman–Crippen MR) is 99.3 cm³/mol. The number of hydrogen-bond donors (Lipinski definition) is 0. The molecule has 0 aliphatic carbocycles. The van der Waals surface area contributed by atoms with E-state index in [-0.39, 0.29) is 17.4 Å². The number of hydrogen-bond acceptors (Lipinski definition) is 7. The van der Waals surface area contributed by atoms with Crippen molar-refractivity contribution in [2.75, 3.05) is 26.7 Å². The minimum Gasteiger partial charge on any atom is -0.438 e. The van der Waals surface area contributed by atoms with Gasteiger partial charge in [0.1, 0.15) is 0 Å². The average molecular weight is 379 g/mol. The van der Waals surface area contributed by atoms with Gasteiger partial charge in [0, 0.05) is 30.6 Å². The molecule has 2 aliphatic heterocycles. The molecule has 1 atom stereocenters. The van der Waals surface area contributed by atoms with Crippen LogP contribution in [0.2, 0.25) is 0 Å². The standard InChI is InChI=1S/C20H21N5O3/c1-13-16(27-12-21-13)19(26)25-10-20(11-25)8-15(24(2)9-20)18-22-17(23-28-18)14-6-4-3-5-7-14/h3-7,12,15H,8-11H2,1-2H3. The number of amides is 1. The van der Waals surface area contributed by atoms with Gasteiger partial charge < -0.3 is 13.8 Å². The van der Waals surface area contributed by atoms with E-state index < -0.39 is 0 Å². The van der Waals surface area contributed by atoms with Gasteiger partial charge in [-0.15, -0.1) is 0 Å². The lowest BCUT2D eigenvalue weighted by molar-refractivity contribution is 0.00896. The van der Waals surface area contributed by atoms with Gasteiger partial charge in [-0.1, -0.05) is 35.5 Å². The summed E-state index contributed by atoms with van der Waals surface area (Å²) in [5.74, 6) is 1.49. The zero-order chi connectivity index (χ0) is 19.3. The van der Waals surface area contributed by atoms with E-state index in [0.29, 0.717) is 36.3 Å². The van der Waals surface area contributed by atoms with E-state index in [4.69, 9.17) is 8.94 Å². The topological polar surface area (TPSA) is 88.5 Å². The van der Waals surface area contributed by atoms with Crippen LogP contribution in [0.25, 0.3) is 11.4 Å². The molecule has 1 aromatic carbocycles. The fraction of sp³-hybridized carbons (Fsp3) is 0.400. The Kier molecular flexibility index (Phi) is 3.83. The Balaban J connectivity index is 1.28. The Morgan fingerprint density at radius 3 is 2.71 bits per heavy atom. The quantitative estimate of drug-likeness (QED) is 0.691. The molecule has 2 aromatic heterocycles. The third kappa shape index (κ3) is 2.72. The molecule has 8 nitrogen and oxygen atoms in total. The van der Waals surface area contributed by atoms with Gasteiger partial charge in [-0.3, -0.25) is 9.69 Å². The summed E-state index contributed by atoms with van der Waals surface area (Å²) in [4.78, 5) is 25.3. The summed E-state index contributed by atoms with van der Waals surface area (Å²) in [6, 6.07) is 9.87. The van der Waals surface area contributed by atoms with Crippen molar-refractivity contribution in [1.82, 2.24) is 24.9 Å². The van der Waals surface area contributed by atoms with Crippen LogP contribution in [0.3, 0.4) is 0 Å². The minimum absolute atomic E-state index is 0.0599. The van der Waals surface area contributed by atoms with Crippen molar-refractivity contribution in [3.8, 4) is 11.4 Å². The maximum atomic E-state index is 12.6. The number of carbonyl (C=O) groups is 1. The van der Waals surface area contributed by atoms with Crippen molar-refractivity contribution in [1.29, 1.82) is 0 Å². The van der Waals surface area contributed by atoms with Crippen LogP contribution in [-0.4, -0.2) is 57.5 Å². The van der Waals surface area contributed by atoms with Crippen LogP contribution < -0.4 is 0 Å². The summed E-state index contributed by atoms with van der Waals surface area (Å²) >= 11 is 0. The Labute approximate surface area is 162 Å². The zero-order valence-electron chi connectivity index (χ0n) is 15.8. The smallest absolute Gasteiger partial charge is 0.291 e. The molecule has 1 amide bonds. The largest absolute Gasteiger partial charge is 0.438 e. The highest BCUT2D eigenvalue weighted by Crippen LogP contribution is 2.47. The average Bonchev–Trinajstić information content (AvgIpc) is 3.39. The van der Waals surface area contributed by atoms with E-state index in [9.17, 15) is 4.79 Å². The lowest BCUT2D eigenvalue weighted by Crippen LogP contribution is -2.59. The van der Waals surface area contributed by atoms with Gasteiger partial charge in [0.05, 0.1) is 11.7 Å². The molecule has 28 heavy (non-hydrogen) atoms. The summed E-state index contributed by atoms with van der Waals surface area (Å²) in [5, 5.41) is 4.15. The molecule has 1 unspecified atom stereocenters. The molecule has 5 rings (SSSR count). The highest BCUT2D eigenvalue weighted by Gasteiger charge is 2.53. The van der Waals surface area contributed by atoms with Crippen LogP contribution in [0.1, 0.15) is 34.6 Å². The van der Waals surface area contributed by atoms with Gasteiger partial charge >= 0.3 is 0 Å². The Morgan fingerprint density at radius 1 is 1.21 bits per heavy atom. The number of aryl methyl sites for hydroxylation is 1. The van der Waals surface area contributed by atoms with E-state index in [1.165, 1.54) is 6.39 Å². The normalized spacial score (nSPS) is 21.2. The summed E-state index contributed by atoms with van der Waals surface area (Å²) < 4.78 is 10.8. The van der Waals surface area contributed by atoms with E-state index >= 15 is 0 Å². The molecule has 0 radical (unpaired) electrons. The van der Waals surface area contributed by atoms with Crippen molar-refractivity contribution in [3.05, 3.63) is 54.1 Å². The van der Waals surface area contributed by atoms with Crippen molar-refractivity contribution < 1.29 is 13.7 Å². The Morgan fingerprint density at radius 2 is 2.00 bits per heavy atom. The van der Waals surface area contributed by atoms with Gasteiger partial charge in [-0.2, -0.15) is 4.98 Å². The maximum absolute atomic E-state index is 12.6. The van der Waals surface area contributed by atoms with Crippen molar-refractivity contribution in [2.24, 2.45) is 5.41 Å². The van der Waals surface area contributed by atoms with Crippen LogP contribution in [0.5, 0.6) is 0 Å². The number of oxazole rings is 1. The zero-order valence-corrected chi connectivity index (χ0v) is 15.8. The molecule has 8 heteroatoms. The fourth-order valence-corrected chi connectivity index (χ4v) is 4.41. The molecule has 0 saturated carbocycles. The first kappa shape index (κ1) is 17.1. The fourth-order valence-electron chi connectivity index (χ4n) is 4.41. The molecule has 144 valence electrons. The second-order valence-corrected chi connectivity index (χ2v) is 7.89. The third-order valence-corrected chi connectivity index (χ3v) is 5.78. The van der Waals surface area contributed by atoms with E-state index in [1.807, 2.05) is 35.2 Å². The molecule has 0 bridgehead atoms. The summed E-state index contributed by atoms with van der Waals surface area (Å²) in [7, 11) is 2.07. The number of nitrogens with zero attached hydrogens (tertiary/aromatic N) is 5. The second-order valence-electron chi connectivity index (χ2n) is 7.89. The summed E-state index contributed by atoms with van der Waals surface area (Å²) in [6.07, 6.45) is 2.20. The second kappa shape index (κ2) is 6.27. The molecule has 4 heterocycles. The first-order chi connectivity index (χ1) is 13.5. The van der Waals surface area contributed by atoms with Crippen LogP contribution in [0.15, 0.2) is 45.7 Å². The van der Waals surface area contributed by atoms with E-state index in [1.54, 1.807) is 6.92 Å². The first-order valence-corrected chi connectivity index (χ1v) is 9.33. The van der Waals surface area contributed by atoms with E-state index in [0.717, 1.165) is 18.5 Å². The molecule has 3 aromatic rings. The van der Waals surface area contributed by atoms with Crippen molar-refractivity contribution in [2.45, 2.75) is 19.4 Å². The highest BCUT2D eigenvalue weighted by atomic mass is 16.5. The van der Waals surface area contributed by atoms with Crippen molar-refractivity contribution in [3.63, 3.8) is 0 Å². The SMILES string of the molecule is Cc1ncoc1C(=O)N1CC2(CC(c3nc(-c4ccccc4)no3)N(C)C2)C1. The Hall–Kier alpha value is -3.00. The minimum atomic E-state index is -0.0871. The number of benzene rings is 1. The van der Waals surface area contributed by atoms with Gasteiger partial charge in [-0.05, 0) is 20.4 Å². The number of aromatic nitrogens is 3. The maximum Gasteiger partial charge on any atom is 0.291 e. The summed E-state index contributed by atoms with van der Waals surface area (Å²) in [5.41, 5.74) is 1.63. The molecule has 0 N–H and O–H groups in total. The van der Waals surface area contributed by atoms with Crippen molar-refractivity contribution >= 4 is 5.91 Å². The number of likely N-dealkylation sites (tertiary alicyclic amines) is 2. The lowest BCUT2D eigenvalue weighted by atomic mass is 9.77. The molecular formula is C20H21N5O3. The van der Waals surface area contributed by atoms with Gasteiger partial charge in [-0.25, -0.2) is 4.98 Å². The van der Waals surface area contributed by atoms with Crippen LogP contribution in [-0.2, 0) is 0 Å². The lowest BCUT2D eigenvalue weighted by Gasteiger charge is -2.47. The third-order valence-electron chi connectivity index (χ3n) is 5.78. The van der Waals surface area contributed by atoms with E-state index in [2.05, 4.69) is 27.1 Å². The molecule has 2 saturated heterocycles. The Bertz CT molecular complexity index is 1010. The molecule has 2 fully saturated rings. The number of rotatable bonds is 3. The van der Waals surface area contributed by atoms with Crippen LogP contribution in [0.4, 0.5) is 0 Å². The first-order valence-electron chi connectivity index (χ1n) is 9.33. The molecular weight excluding hydrogens is 358 g/mol. The van der Waals surface area contributed by atoms with Crippen LogP contribution in [0, 0.1) is 12.3 Å².